The number of hydrogen-bond donors (Lipinski definition) is 0. The molecule has 28 heavy (non-hydrogen) atoms. The van der Waals surface area contributed by atoms with Crippen LogP contribution in [0.15, 0.2) is 23.6 Å². The summed E-state index contributed by atoms with van der Waals surface area (Å²) in [5, 5.41) is 4.49. The number of nitrogens with zero attached hydrogens (tertiary/aromatic N) is 6. The molecule has 0 bridgehead atoms. The van der Waals surface area contributed by atoms with E-state index in [-0.39, 0.29) is 22.9 Å². The fourth-order valence-corrected chi connectivity index (χ4v) is 5.46. The van der Waals surface area contributed by atoms with Crippen molar-refractivity contribution >= 4 is 21.6 Å². The van der Waals surface area contributed by atoms with Gasteiger partial charge in [0, 0.05) is 51.4 Å². The number of carbonyl (C=O) groups excluding carboxylic acids is 1. The zero-order chi connectivity index (χ0) is 20.1. The summed E-state index contributed by atoms with van der Waals surface area (Å²) in [7, 11) is -1.82. The number of carbonyl (C=O) groups is 1. The molecule has 0 spiro atoms. The molecular formula is C18H26N6O3S. The fraction of sp³-hybridized carbons (Fsp3) is 0.611. The van der Waals surface area contributed by atoms with Crippen LogP contribution in [0.1, 0.15) is 50.9 Å². The maximum absolute atomic E-state index is 13.0. The molecule has 0 saturated carbocycles. The molecule has 9 nitrogen and oxygen atoms in total. The van der Waals surface area contributed by atoms with Crippen LogP contribution < -0.4 is 4.90 Å². The Morgan fingerprint density at radius 3 is 2.64 bits per heavy atom. The van der Waals surface area contributed by atoms with E-state index in [1.54, 1.807) is 26.5 Å². The zero-order valence-corrected chi connectivity index (χ0v) is 17.3. The van der Waals surface area contributed by atoms with Gasteiger partial charge >= 0.3 is 0 Å². The van der Waals surface area contributed by atoms with Crippen molar-refractivity contribution < 1.29 is 13.2 Å². The van der Waals surface area contributed by atoms with Gasteiger partial charge in [0.25, 0.3) is 10.0 Å². The van der Waals surface area contributed by atoms with Crippen LogP contribution in [0.5, 0.6) is 0 Å². The van der Waals surface area contributed by atoms with E-state index in [2.05, 4.69) is 10.1 Å². The smallest absolute Gasteiger partial charge is 0.262 e. The Balaban J connectivity index is 1.50. The van der Waals surface area contributed by atoms with Gasteiger partial charge in [-0.15, -0.1) is 0 Å². The zero-order valence-electron chi connectivity index (χ0n) is 16.4. The molecule has 4 rings (SSSR count). The SMILES string of the molecule is CC(C)c1nc(S(=O)(=O)N2CCC(n3cc(N4CCCC4=O)cn3)C2)cn1C. The maximum atomic E-state index is 13.0. The Kier molecular flexibility index (Phi) is 4.78. The average molecular weight is 407 g/mol. The minimum Gasteiger partial charge on any atom is -0.336 e. The third kappa shape index (κ3) is 3.24. The lowest BCUT2D eigenvalue weighted by Crippen LogP contribution is -2.29. The molecule has 1 atom stereocenters. The summed E-state index contributed by atoms with van der Waals surface area (Å²) >= 11 is 0. The van der Waals surface area contributed by atoms with Gasteiger partial charge in [-0.1, -0.05) is 13.8 Å². The van der Waals surface area contributed by atoms with Crippen LogP contribution >= 0.6 is 0 Å². The lowest BCUT2D eigenvalue weighted by Gasteiger charge is -2.15. The van der Waals surface area contributed by atoms with Crippen LogP contribution in [0, 0.1) is 0 Å². The van der Waals surface area contributed by atoms with Crippen molar-refractivity contribution in [2.45, 2.75) is 50.1 Å². The number of anilines is 1. The topological polar surface area (TPSA) is 93.3 Å². The van der Waals surface area contributed by atoms with Crippen LogP contribution in [-0.4, -0.2) is 57.6 Å². The predicted molar refractivity (Wildman–Crippen MR) is 104 cm³/mol. The molecular weight excluding hydrogens is 380 g/mol. The number of sulfonamides is 1. The molecule has 0 radical (unpaired) electrons. The second kappa shape index (κ2) is 7.00. The van der Waals surface area contributed by atoms with Crippen molar-refractivity contribution in [2.75, 3.05) is 24.5 Å². The molecule has 2 aliphatic rings. The third-order valence-electron chi connectivity index (χ3n) is 5.48. The molecule has 2 saturated heterocycles. The average Bonchev–Trinajstić information content (AvgIpc) is 3.40. The van der Waals surface area contributed by atoms with Gasteiger partial charge in [-0.2, -0.15) is 9.40 Å². The van der Waals surface area contributed by atoms with Gasteiger partial charge in [-0.05, 0) is 12.8 Å². The molecule has 0 aromatic carbocycles. The summed E-state index contributed by atoms with van der Waals surface area (Å²) in [6.45, 7) is 5.48. The first kappa shape index (κ1) is 19.1. The van der Waals surface area contributed by atoms with Crippen LogP contribution in [0.3, 0.4) is 0 Å². The minimum absolute atomic E-state index is 0.0467. The molecule has 1 unspecified atom stereocenters. The monoisotopic (exact) mass is 406 g/mol. The van der Waals surface area contributed by atoms with E-state index < -0.39 is 10.0 Å². The summed E-state index contributed by atoms with van der Waals surface area (Å²) in [5.41, 5.74) is 0.787. The Morgan fingerprint density at radius 2 is 2.00 bits per heavy atom. The van der Waals surface area contributed by atoms with E-state index in [1.165, 1.54) is 4.31 Å². The summed E-state index contributed by atoms with van der Waals surface area (Å²) in [6.07, 6.45) is 7.24. The third-order valence-corrected chi connectivity index (χ3v) is 7.22. The highest BCUT2D eigenvalue weighted by molar-refractivity contribution is 7.89. The first-order valence-corrected chi connectivity index (χ1v) is 11.1. The van der Waals surface area contributed by atoms with Gasteiger partial charge in [0.05, 0.1) is 17.9 Å². The summed E-state index contributed by atoms with van der Waals surface area (Å²) in [5.74, 6) is 1.02. The highest BCUT2D eigenvalue weighted by atomic mass is 32.2. The quantitative estimate of drug-likeness (QED) is 0.750. The van der Waals surface area contributed by atoms with E-state index in [0.29, 0.717) is 32.5 Å². The number of imidazole rings is 1. The van der Waals surface area contributed by atoms with Crippen molar-refractivity contribution in [1.29, 1.82) is 0 Å². The predicted octanol–water partition coefficient (Wildman–Crippen LogP) is 1.50. The molecule has 0 N–H and O–H groups in total. The van der Waals surface area contributed by atoms with Crippen molar-refractivity contribution in [3.05, 3.63) is 24.4 Å². The van der Waals surface area contributed by atoms with Crippen LogP contribution in [0.2, 0.25) is 0 Å². The lowest BCUT2D eigenvalue weighted by molar-refractivity contribution is -0.117. The summed E-state index contributed by atoms with van der Waals surface area (Å²) in [4.78, 5) is 18.0. The highest BCUT2D eigenvalue weighted by Gasteiger charge is 2.36. The first-order chi connectivity index (χ1) is 13.3. The maximum Gasteiger partial charge on any atom is 0.262 e. The van der Waals surface area contributed by atoms with E-state index in [1.807, 2.05) is 27.1 Å². The van der Waals surface area contributed by atoms with Crippen molar-refractivity contribution in [3.8, 4) is 0 Å². The Bertz CT molecular complexity index is 993. The van der Waals surface area contributed by atoms with Crippen molar-refractivity contribution in [2.24, 2.45) is 7.05 Å². The largest absolute Gasteiger partial charge is 0.336 e. The highest BCUT2D eigenvalue weighted by Crippen LogP contribution is 2.29. The molecule has 2 fully saturated rings. The summed E-state index contributed by atoms with van der Waals surface area (Å²) < 4.78 is 31.1. The van der Waals surface area contributed by atoms with Crippen molar-refractivity contribution in [1.82, 2.24) is 23.6 Å². The normalized spacial score (nSPS) is 21.4. The van der Waals surface area contributed by atoms with Crippen LogP contribution in [0.4, 0.5) is 5.69 Å². The minimum atomic E-state index is -3.64. The molecule has 2 aromatic rings. The van der Waals surface area contributed by atoms with Gasteiger partial charge in [0.2, 0.25) is 5.91 Å². The van der Waals surface area contributed by atoms with Crippen molar-refractivity contribution in [3.63, 3.8) is 0 Å². The van der Waals surface area contributed by atoms with Crippen LogP contribution in [-0.2, 0) is 21.9 Å². The molecule has 4 heterocycles. The number of amides is 1. The van der Waals surface area contributed by atoms with Gasteiger partial charge in [-0.3, -0.25) is 9.48 Å². The number of aryl methyl sites for hydroxylation is 1. The van der Waals surface area contributed by atoms with Crippen LogP contribution in [0.25, 0.3) is 0 Å². The van der Waals surface area contributed by atoms with Gasteiger partial charge < -0.3 is 9.47 Å². The van der Waals surface area contributed by atoms with E-state index in [0.717, 1.165) is 17.9 Å². The lowest BCUT2D eigenvalue weighted by atomic mass is 10.2. The Labute approximate surface area is 165 Å². The Hall–Kier alpha value is -2.20. The second-order valence-electron chi connectivity index (χ2n) is 7.84. The number of aromatic nitrogens is 4. The molecule has 10 heteroatoms. The second-order valence-corrected chi connectivity index (χ2v) is 9.72. The first-order valence-electron chi connectivity index (χ1n) is 9.65. The molecule has 0 aliphatic carbocycles. The fourth-order valence-electron chi connectivity index (χ4n) is 3.98. The molecule has 1 amide bonds. The van der Waals surface area contributed by atoms with Gasteiger partial charge in [-0.25, -0.2) is 13.4 Å². The standard InChI is InChI=1S/C18H26N6O3S/c1-13(2)18-20-16(12-21(18)3)28(26,27)22-8-6-14(10-22)24-11-15(9-19-24)23-7-4-5-17(23)25/h9,11-14H,4-8,10H2,1-3H3. The molecule has 2 aromatic heterocycles. The summed E-state index contributed by atoms with van der Waals surface area (Å²) in [6, 6.07) is -0.0467. The van der Waals surface area contributed by atoms with E-state index in [4.69, 9.17) is 0 Å². The Morgan fingerprint density at radius 1 is 1.21 bits per heavy atom. The molecule has 2 aliphatic heterocycles. The van der Waals surface area contributed by atoms with E-state index >= 15 is 0 Å². The molecule has 152 valence electrons. The van der Waals surface area contributed by atoms with Gasteiger partial charge in [0.1, 0.15) is 5.82 Å². The van der Waals surface area contributed by atoms with Gasteiger partial charge in [0.15, 0.2) is 5.03 Å². The number of rotatable bonds is 5. The van der Waals surface area contributed by atoms with E-state index in [9.17, 15) is 13.2 Å². The number of hydrogen-bond acceptors (Lipinski definition) is 5.